The Labute approximate surface area is 225 Å². The molecule has 3 atom stereocenters. The molecule has 2 amide bonds. The predicted octanol–water partition coefficient (Wildman–Crippen LogP) is 4.95. The first-order valence-corrected chi connectivity index (χ1v) is 13.5. The molecule has 1 saturated heterocycles. The summed E-state index contributed by atoms with van der Waals surface area (Å²) in [6.45, 7) is 10.6. The number of hydrogen-bond acceptors (Lipinski definition) is 7. The molecular weight excluding hydrogens is 516 g/mol. The number of aromatic nitrogens is 1. The molecule has 200 valence electrons. The third-order valence-corrected chi connectivity index (χ3v) is 8.34. The summed E-state index contributed by atoms with van der Waals surface area (Å²) in [5.41, 5.74) is 1.31. The molecule has 0 radical (unpaired) electrons. The van der Waals surface area contributed by atoms with Gasteiger partial charge in [0.05, 0.1) is 13.1 Å². The Morgan fingerprint density at radius 2 is 1.97 bits per heavy atom. The van der Waals surface area contributed by atoms with Gasteiger partial charge in [-0.2, -0.15) is 0 Å². The number of carbonyl (C=O) groups excluding carboxylic acids is 2. The second kappa shape index (κ2) is 10.5. The lowest BCUT2D eigenvalue weighted by Gasteiger charge is -2.34. The largest absolute Gasteiger partial charge is 0.480 e. The summed E-state index contributed by atoms with van der Waals surface area (Å²) in [5.74, 6) is -1.18. The zero-order valence-electron chi connectivity index (χ0n) is 21.7. The van der Waals surface area contributed by atoms with Crippen LogP contribution in [0.15, 0.2) is 24.4 Å². The van der Waals surface area contributed by atoms with Gasteiger partial charge in [-0.05, 0) is 28.5 Å². The van der Waals surface area contributed by atoms with Gasteiger partial charge in [0.1, 0.15) is 18.2 Å². The molecule has 2 aromatic rings. The van der Waals surface area contributed by atoms with E-state index in [4.69, 9.17) is 16.3 Å². The predicted molar refractivity (Wildman–Crippen MR) is 142 cm³/mol. The number of carboxylic acid groups (broad SMARTS) is 1. The Morgan fingerprint density at radius 3 is 2.57 bits per heavy atom. The molecule has 3 heterocycles. The Morgan fingerprint density at radius 1 is 1.24 bits per heavy atom. The van der Waals surface area contributed by atoms with E-state index in [0.29, 0.717) is 29.2 Å². The maximum atomic E-state index is 13.7. The molecule has 2 aliphatic heterocycles. The van der Waals surface area contributed by atoms with Gasteiger partial charge in [-0.15, -0.1) is 11.3 Å². The lowest BCUT2D eigenvalue weighted by Crippen LogP contribution is -2.52. The number of ether oxygens (including phenoxy) is 1. The van der Waals surface area contributed by atoms with Crippen molar-refractivity contribution in [1.82, 2.24) is 14.8 Å². The molecule has 0 spiro atoms. The summed E-state index contributed by atoms with van der Waals surface area (Å²) in [7, 11) is 0. The highest BCUT2D eigenvalue weighted by Gasteiger charge is 2.46. The van der Waals surface area contributed by atoms with Crippen molar-refractivity contribution in [3.63, 3.8) is 0 Å². The number of thiazole rings is 1. The van der Waals surface area contributed by atoms with E-state index < -0.39 is 35.7 Å². The number of aliphatic carboxylic acids is 1. The van der Waals surface area contributed by atoms with Crippen LogP contribution in [0.4, 0.5) is 9.93 Å². The molecule has 0 saturated carbocycles. The molecule has 0 aliphatic carbocycles. The second-order valence-electron chi connectivity index (χ2n) is 11.0. The van der Waals surface area contributed by atoms with E-state index in [9.17, 15) is 19.5 Å². The quantitative estimate of drug-likeness (QED) is 0.525. The van der Waals surface area contributed by atoms with Crippen molar-refractivity contribution in [3.05, 3.63) is 45.4 Å². The lowest BCUT2D eigenvalue weighted by molar-refractivity contribution is -0.149. The zero-order chi connectivity index (χ0) is 27.1. The minimum atomic E-state index is -1.13. The van der Waals surface area contributed by atoms with Crippen molar-refractivity contribution in [2.75, 3.05) is 11.9 Å². The molecule has 2 N–H and O–H groups in total. The lowest BCUT2D eigenvalue weighted by atomic mass is 9.85. The number of nitrogens with one attached hydrogen (secondary N) is 1. The number of halogens is 1. The van der Waals surface area contributed by atoms with Crippen LogP contribution in [0.25, 0.3) is 0 Å². The summed E-state index contributed by atoms with van der Waals surface area (Å²) >= 11 is 7.74. The molecule has 2 aliphatic rings. The van der Waals surface area contributed by atoms with Gasteiger partial charge in [-0.1, -0.05) is 58.4 Å². The summed E-state index contributed by atoms with van der Waals surface area (Å²) in [6, 6.07) is 3.72. The normalized spacial score (nSPS) is 20.2. The van der Waals surface area contributed by atoms with E-state index >= 15 is 0 Å². The fourth-order valence-corrected chi connectivity index (χ4v) is 5.75. The maximum absolute atomic E-state index is 13.7. The fourth-order valence-electron chi connectivity index (χ4n) is 4.65. The van der Waals surface area contributed by atoms with Crippen LogP contribution in [-0.4, -0.2) is 62.6 Å². The van der Waals surface area contributed by atoms with Crippen LogP contribution in [0.2, 0.25) is 5.02 Å². The van der Waals surface area contributed by atoms with Crippen LogP contribution in [-0.2, 0) is 27.4 Å². The average Bonchev–Trinajstić information content (AvgIpc) is 3.54. The van der Waals surface area contributed by atoms with Gasteiger partial charge in [-0.25, -0.2) is 14.6 Å². The number of amides is 2. The molecule has 0 unspecified atom stereocenters. The van der Waals surface area contributed by atoms with Crippen molar-refractivity contribution >= 4 is 46.0 Å². The highest BCUT2D eigenvalue weighted by Crippen LogP contribution is 2.33. The minimum absolute atomic E-state index is 0.00641. The number of benzene rings is 1. The summed E-state index contributed by atoms with van der Waals surface area (Å²) in [5, 5.41) is 14.3. The van der Waals surface area contributed by atoms with Crippen molar-refractivity contribution in [3.8, 4) is 0 Å². The third kappa shape index (κ3) is 5.85. The number of hydrogen-bond donors (Lipinski definition) is 2. The van der Waals surface area contributed by atoms with Crippen molar-refractivity contribution in [2.45, 2.75) is 78.2 Å². The Hall–Kier alpha value is -2.85. The first-order valence-electron chi connectivity index (χ1n) is 12.3. The minimum Gasteiger partial charge on any atom is -0.480 e. The van der Waals surface area contributed by atoms with Gasteiger partial charge in [0.2, 0.25) is 5.91 Å². The molecule has 1 aromatic carbocycles. The van der Waals surface area contributed by atoms with E-state index in [0.717, 1.165) is 16.0 Å². The molecule has 4 rings (SSSR count). The van der Waals surface area contributed by atoms with Gasteiger partial charge in [-0.3, -0.25) is 9.69 Å². The average molecular weight is 549 g/mol. The Kier molecular flexibility index (Phi) is 7.71. The number of likely N-dealkylation sites (tertiary alicyclic amines) is 1. The van der Waals surface area contributed by atoms with Crippen LogP contribution in [0.3, 0.4) is 0 Å². The van der Waals surface area contributed by atoms with Crippen molar-refractivity contribution in [2.24, 2.45) is 5.41 Å². The van der Waals surface area contributed by atoms with Gasteiger partial charge in [0.15, 0.2) is 5.13 Å². The van der Waals surface area contributed by atoms with Gasteiger partial charge < -0.3 is 20.1 Å². The molecule has 37 heavy (non-hydrogen) atoms. The van der Waals surface area contributed by atoms with Crippen molar-refractivity contribution < 1.29 is 24.2 Å². The first-order chi connectivity index (χ1) is 17.3. The molecular formula is C26H33ClN4O5S. The highest BCUT2D eigenvalue weighted by molar-refractivity contribution is 7.15. The SMILES string of the molecule is CC(C)c1cnc(N[C@H](C(=O)N2C[C@H](OC(=O)N3Cc4cccc(Cl)c4C3)C[C@H]2C(=O)O)C(C)(C)C)s1. The van der Waals surface area contributed by atoms with Crippen LogP contribution in [0.1, 0.15) is 63.0 Å². The smallest absolute Gasteiger partial charge is 0.410 e. The zero-order valence-corrected chi connectivity index (χ0v) is 23.2. The molecule has 0 bridgehead atoms. The number of carboxylic acids is 1. The number of nitrogens with zero attached hydrogens (tertiary/aromatic N) is 3. The monoisotopic (exact) mass is 548 g/mol. The highest BCUT2D eigenvalue weighted by atomic mass is 35.5. The summed E-state index contributed by atoms with van der Waals surface area (Å²) in [6.07, 6.45) is 0.534. The van der Waals surface area contributed by atoms with E-state index in [2.05, 4.69) is 24.1 Å². The molecule has 1 aromatic heterocycles. The number of fused-ring (bicyclic) bond motifs is 1. The molecule has 9 nitrogen and oxygen atoms in total. The van der Waals surface area contributed by atoms with Gasteiger partial charge in [0.25, 0.3) is 0 Å². The first kappa shape index (κ1) is 27.2. The Balaban J connectivity index is 1.46. The second-order valence-corrected chi connectivity index (χ2v) is 12.5. The van der Waals surface area contributed by atoms with Crippen LogP contribution in [0, 0.1) is 5.41 Å². The number of anilines is 1. The summed E-state index contributed by atoms with van der Waals surface area (Å²) < 4.78 is 5.70. The molecule has 11 heteroatoms. The van der Waals surface area contributed by atoms with Crippen LogP contribution >= 0.6 is 22.9 Å². The maximum Gasteiger partial charge on any atom is 0.410 e. The van der Waals surface area contributed by atoms with Crippen molar-refractivity contribution in [1.29, 1.82) is 0 Å². The van der Waals surface area contributed by atoms with Crippen LogP contribution < -0.4 is 5.32 Å². The third-order valence-electron chi connectivity index (χ3n) is 6.76. The van der Waals surface area contributed by atoms with E-state index in [1.165, 1.54) is 21.1 Å². The van der Waals surface area contributed by atoms with Gasteiger partial charge >= 0.3 is 12.1 Å². The Bertz CT molecular complexity index is 1190. The molecule has 1 fully saturated rings. The fraction of sp³-hybridized carbons (Fsp3) is 0.538. The van der Waals surface area contributed by atoms with E-state index in [-0.39, 0.29) is 18.9 Å². The topological polar surface area (TPSA) is 112 Å². The van der Waals surface area contributed by atoms with Gasteiger partial charge in [0, 0.05) is 29.1 Å². The van der Waals surface area contributed by atoms with Crippen LogP contribution in [0.5, 0.6) is 0 Å². The summed E-state index contributed by atoms with van der Waals surface area (Å²) in [4.78, 5) is 47.1. The van der Waals surface area contributed by atoms with E-state index in [1.54, 1.807) is 12.3 Å². The standard InChI is InChI=1S/C26H33ClN4O5S/c1-14(2)20-10-28-24(37-20)29-21(26(3,4)5)22(32)31-12-16(9-19(31)23(33)34)36-25(35)30-11-15-7-6-8-18(27)17(15)13-30/h6-8,10,14,16,19,21H,9,11-13H2,1-5H3,(H,28,29)(H,33,34)/t16-,19+,21-/m1/s1. The number of rotatable bonds is 6. The number of carbonyl (C=O) groups is 3. The van der Waals surface area contributed by atoms with E-state index in [1.807, 2.05) is 32.9 Å².